The molecule has 1 aromatic rings. The van der Waals surface area contributed by atoms with Gasteiger partial charge < -0.3 is 4.57 Å². The van der Waals surface area contributed by atoms with Crippen LogP contribution in [0.25, 0.3) is 0 Å². The zero-order valence-corrected chi connectivity index (χ0v) is 8.94. The van der Waals surface area contributed by atoms with E-state index in [4.69, 9.17) is 0 Å². The van der Waals surface area contributed by atoms with E-state index >= 15 is 0 Å². The lowest BCUT2D eigenvalue weighted by Gasteiger charge is -1.97. The van der Waals surface area contributed by atoms with Gasteiger partial charge in [-0.1, -0.05) is 27.7 Å². The van der Waals surface area contributed by atoms with Crippen LogP contribution in [0.15, 0.2) is 5.16 Å². The van der Waals surface area contributed by atoms with Crippen LogP contribution >= 0.6 is 27.7 Å². The van der Waals surface area contributed by atoms with E-state index in [2.05, 4.69) is 26.1 Å². The van der Waals surface area contributed by atoms with Crippen molar-refractivity contribution in [3.05, 3.63) is 5.82 Å². The molecule has 0 saturated heterocycles. The van der Waals surface area contributed by atoms with Crippen LogP contribution in [0.4, 0.5) is 0 Å². The molecule has 0 fully saturated rings. The number of hydrogen-bond donors (Lipinski definition) is 0. The normalized spacial score (nSPS) is 10.5. The highest BCUT2D eigenvalue weighted by Crippen LogP contribution is 2.14. The zero-order chi connectivity index (χ0) is 8.27. The topological polar surface area (TPSA) is 30.7 Å². The second kappa shape index (κ2) is 4.11. The molecule has 0 bridgehead atoms. The molecule has 1 heterocycles. The average molecular weight is 236 g/mol. The van der Waals surface area contributed by atoms with Crippen LogP contribution in [0, 0.1) is 6.92 Å². The average Bonchev–Trinajstić information content (AvgIpc) is 2.31. The fourth-order valence-electron chi connectivity index (χ4n) is 0.643. The Labute approximate surface area is 78.7 Å². The number of nitrogens with zero attached hydrogens (tertiary/aromatic N) is 3. The minimum atomic E-state index is 0.960. The third-order valence-electron chi connectivity index (χ3n) is 1.36. The summed E-state index contributed by atoms with van der Waals surface area (Å²) < 4.78 is 1.99. The van der Waals surface area contributed by atoms with Gasteiger partial charge in [-0.25, -0.2) is 0 Å². The van der Waals surface area contributed by atoms with Crippen LogP contribution in [-0.4, -0.2) is 25.8 Å². The van der Waals surface area contributed by atoms with Crippen LogP contribution in [-0.2, 0) is 7.05 Å². The van der Waals surface area contributed by atoms with Gasteiger partial charge in [-0.05, 0) is 6.92 Å². The minimum Gasteiger partial charge on any atom is -0.309 e. The fourth-order valence-corrected chi connectivity index (χ4v) is 1.81. The molecule has 0 atom stereocenters. The van der Waals surface area contributed by atoms with E-state index in [1.165, 1.54) is 0 Å². The Morgan fingerprint density at radius 2 is 2.27 bits per heavy atom. The number of thioether (sulfide) groups is 1. The molecule has 3 nitrogen and oxygen atoms in total. The summed E-state index contributed by atoms with van der Waals surface area (Å²) in [4.78, 5) is 0. The SMILES string of the molecule is Cc1nnc(SCCBr)n1C. The highest BCUT2D eigenvalue weighted by Gasteiger charge is 2.03. The van der Waals surface area contributed by atoms with Crippen molar-refractivity contribution in [2.75, 3.05) is 11.1 Å². The maximum Gasteiger partial charge on any atom is 0.190 e. The second-order valence-electron chi connectivity index (χ2n) is 2.13. The van der Waals surface area contributed by atoms with Crippen LogP contribution in [0.5, 0.6) is 0 Å². The van der Waals surface area contributed by atoms with Gasteiger partial charge in [0.05, 0.1) is 0 Å². The van der Waals surface area contributed by atoms with E-state index in [9.17, 15) is 0 Å². The molecule has 0 spiro atoms. The molecule has 0 aliphatic rings. The van der Waals surface area contributed by atoms with Gasteiger partial charge in [0, 0.05) is 18.1 Å². The fraction of sp³-hybridized carbons (Fsp3) is 0.667. The largest absolute Gasteiger partial charge is 0.309 e. The summed E-state index contributed by atoms with van der Waals surface area (Å²) in [5.74, 6) is 1.99. The summed E-state index contributed by atoms with van der Waals surface area (Å²) in [5, 5.41) is 9.93. The molecule has 0 aliphatic carbocycles. The Morgan fingerprint density at radius 3 is 2.73 bits per heavy atom. The van der Waals surface area contributed by atoms with E-state index in [0.717, 1.165) is 22.1 Å². The predicted octanol–water partition coefficient (Wildman–Crippen LogP) is 1.61. The summed E-state index contributed by atoms with van der Waals surface area (Å²) in [6, 6.07) is 0. The Balaban J connectivity index is 2.63. The molecule has 0 N–H and O–H groups in total. The number of halogens is 1. The maximum absolute atomic E-state index is 4.01. The second-order valence-corrected chi connectivity index (χ2v) is 3.98. The Bertz CT molecular complexity index is 236. The van der Waals surface area contributed by atoms with Gasteiger partial charge in [0.2, 0.25) is 0 Å². The van der Waals surface area contributed by atoms with Crippen molar-refractivity contribution in [1.29, 1.82) is 0 Å². The first-order chi connectivity index (χ1) is 5.25. The van der Waals surface area contributed by atoms with Crippen LogP contribution < -0.4 is 0 Å². The molecular formula is C6H10BrN3S. The van der Waals surface area contributed by atoms with Gasteiger partial charge in [-0.3, -0.25) is 0 Å². The molecule has 0 saturated carbocycles. The van der Waals surface area contributed by atoms with Gasteiger partial charge in [0.25, 0.3) is 0 Å². The number of alkyl halides is 1. The Kier molecular flexibility index (Phi) is 3.39. The number of hydrogen-bond acceptors (Lipinski definition) is 3. The summed E-state index contributed by atoms with van der Waals surface area (Å²) in [6.45, 7) is 1.95. The molecule has 62 valence electrons. The first kappa shape index (κ1) is 9.06. The first-order valence-electron chi connectivity index (χ1n) is 3.30. The summed E-state index contributed by atoms with van der Waals surface area (Å²) in [5.41, 5.74) is 0. The smallest absolute Gasteiger partial charge is 0.190 e. The van der Waals surface area contributed by atoms with Crippen LogP contribution in [0.2, 0.25) is 0 Å². The van der Waals surface area contributed by atoms with Crippen molar-refractivity contribution in [2.45, 2.75) is 12.1 Å². The van der Waals surface area contributed by atoms with Gasteiger partial charge in [-0.15, -0.1) is 10.2 Å². The van der Waals surface area contributed by atoms with Crippen LogP contribution in [0.3, 0.4) is 0 Å². The van der Waals surface area contributed by atoms with E-state index in [1.807, 2.05) is 18.5 Å². The van der Waals surface area contributed by atoms with Crippen molar-refractivity contribution in [3.63, 3.8) is 0 Å². The van der Waals surface area contributed by atoms with Gasteiger partial charge in [-0.2, -0.15) is 0 Å². The van der Waals surface area contributed by atoms with Crippen molar-refractivity contribution in [2.24, 2.45) is 7.05 Å². The molecular weight excluding hydrogens is 226 g/mol. The van der Waals surface area contributed by atoms with Gasteiger partial charge in [0.15, 0.2) is 5.16 Å². The molecule has 1 rings (SSSR count). The highest BCUT2D eigenvalue weighted by atomic mass is 79.9. The van der Waals surface area contributed by atoms with Gasteiger partial charge >= 0.3 is 0 Å². The zero-order valence-electron chi connectivity index (χ0n) is 6.54. The third kappa shape index (κ3) is 2.20. The lowest BCUT2D eigenvalue weighted by atomic mass is 10.7. The molecule has 1 aromatic heterocycles. The maximum atomic E-state index is 4.01. The van der Waals surface area contributed by atoms with E-state index < -0.39 is 0 Å². The third-order valence-corrected chi connectivity index (χ3v) is 3.30. The Hall–Kier alpha value is -0.0300. The van der Waals surface area contributed by atoms with E-state index in [0.29, 0.717) is 0 Å². The van der Waals surface area contributed by atoms with Crippen molar-refractivity contribution in [3.8, 4) is 0 Å². The summed E-state index contributed by atoms with van der Waals surface area (Å²) >= 11 is 5.07. The first-order valence-corrected chi connectivity index (χ1v) is 5.41. The molecule has 0 radical (unpaired) electrons. The number of rotatable bonds is 3. The van der Waals surface area contributed by atoms with Gasteiger partial charge in [0.1, 0.15) is 5.82 Å². The summed E-state index contributed by atoms with van der Waals surface area (Å²) in [6.07, 6.45) is 0. The standard InChI is InChI=1S/C6H10BrN3S/c1-5-8-9-6(10(5)2)11-4-3-7/h3-4H2,1-2H3. The van der Waals surface area contributed by atoms with E-state index in [1.54, 1.807) is 11.8 Å². The molecule has 0 unspecified atom stereocenters. The molecule has 11 heavy (non-hydrogen) atoms. The van der Waals surface area contributed by atoms with Crippen LogP contribution in [0.1, 0.15) is 5.82 Å². The van der Waals surface area contributed by atoms with Crippen molar-refractivity contribution < 1.29 is 0 Å². The molecule has 0 aromatic carbocycles. The van der Waals surface area contributed by atoms with E-state index in [-0.39, 0.29) is 0 Å². The minimum absolute atomic E-state index is 0.960. The number of aromatic nitrogens is 3. The monoisotopic (exact) mass is 235 g/mol. The number of aryl methyl sites for hydroxylation is 1. The highest BCUT2D eigenvalue weighted by molar-refractivity contribution is 9.09. The Morgan fingerprint density at radius 1 is 1.55 bits per heavy atom. The lowest BCUT2D eigenvalue weighted by molar-refractivity contribution is 0.766. The quantitative estimate of drug-likeness (QED) is 0.590. The molecule has 5 heteroatoms. The molecule has 0 aliphatic heterocycles. The predicted molar refractivity (Wildman–Crippen MR) is 50.3 cm³/mol. The molecule has 0 amide bonds. The van der Waals surface area contributed by atoms with Crippen molar-refractivity contribution in [1.82, 2.24) is 14.8 Å². The van der Waals surface area contributed by atoms with Crippen molar-refractivity contribution >= 4 is 27.7 Å². The summed E-state index contributed by atoms with van der Waals surface area (Å²) in [7, 11) is 1.98. The lowest BCUT2D eigenvalue weighted by Crippen LogP contribution is -1.94.